The standard InChI is InChI=1S/2C5H5.3BH4.Nb/c2*1-2-4-5-3-1;;;;/h2*1-3H,4H2;3*1H4;/q;;3*-1;+3. The molecule has 0 bridgehead atoms. The number of rotatable bonds is 2. The first-order valence-corrected chi connectivity index (χ1v) is 6.08. The maximum atomic E-state index is 2.30. The molecule has 0 saturated carbocycles. The molecule has 2 aliphatic rings. The molecule has 0 N–H and O–H groups in total. The molecule has 0 spiro atoms. The molecular weight excluding hydrogens is 245 g/mol. The van der Waals surface area contributed by atoms with E-state index < -0.39 is 0 Å². The fourth-order valence-corrected chi connectivity index (χ4v) is 3.89. The third kappa shape index (κ3) is 4.41. The molecule has 0 aromatic carbocycles. The largest absolute Gasteiger partial charge is 0.0626 e. The summed E-state index contributed by atoms with van der Waals surface area (Å²) in [6.07, 6.45) is 16.0. The van der Waals surface area contributed by atoms with Gasteiger partial charge in [-0.15, -0.1) is 0 Å². The monoisotopic (exact) mass is 268 g/mol. The van der Waals surface area contributed by atoms with Crippen molar-refractivity contribution < 1.29 is 19.8 Å². The maximum absolute atomic E-state index is 2.30. The van der Waals surface area contributed by atoms with E-state index in [2.05, 4.69) is 36.5 Å². The van der Waals surface area contributed by atoms with Gasteiger partial charge in [-0.1, -0.05) is 25.2 Å². The minimum Gasteiger partial charge on any atom is -0.0626 e. The Balaban J connectivity index is 0. The molecule has 0 fully saturated rings. The molecule has 76 valence electrons. The maximum Gasteiger partial charge on any atom is -0.0626 e. The first-order chi connectivity index (χ1) is 5.45. The van der Waals surface area contributed by atoms with E-state index in [0.717, 1.165) is 0 Å². The second kappa shape index (κ2) is 8.22. The predicted molar refractivity (Wildman–Crippen MR) is 77.7 cm³/mol. The van der Waals surface area contributed by atoms with Crippen molar-refractivity contribution in [2.45, 2.75) is 12.8 Å². The van der Waals surface area contributed by atoms with Crippen molar-refractivity contribution in [3.63, 3.8) is 0 Å². The van der Waals surface area contributed by atoms with E-state index in [1.165, 1.54) is 12.8 Å². The van der Waals surface area contributed by atoms with Crippen LogP contribution < -0.4 is 0 Å². The summed E-state index contributed by atoms with van der Waals surface area (Å²) in [4.78, 5) is 0. The zero-order valence-electron chi connectivity index (χ0n) is 6.33. The summed E-state index contributed by atoms with van der Waals surface area (Å²) in [6, 6.07) is 0. The Bertz CT molecular complexity index is 249. The van der Waals surface area contributed by atoms with Crippen molar-refractivity contribution >= 4 is 25.2 Å². The van der Waals surface area contributed by atoms with Gasteiger partial charge in [0, 0.05) is 0 Å². The summed E-state index contributed by atoms with van der Waals surface area (Å²) in [5, 5.41) is 0. The van der Waals surface area contributed by atoms with Crippen molar-refractivity contribution in [1.29, 1.82) is 0 Å². The Hall–Kier alpha value is -0.105. The summed E-state index contributed by atoms with van der Waals surface area (Å²) < 4.78 is 3.41. The van der Waals surface area contributed by atoms with Gasteiger partial charge in [0.2, 0.25) is 0 Å². The third-order valence-electron chi connectivity index (χ3n) is 1.79. The zero-order chi connectivity index (χ0) is 7.52. The van der Waals surface area contributed by atoms with Gasteiger partial charge in [0.25, 0.3) is 0 Å². The van der Waals surface area contributed by atoms with Gasteiger partial charge < -0.3 is 0 Å². The Morgan fingerprint density at radius 1 is 0.786 bits per heavy atom. The van der Waals surface area contributed by atoms with Crippen molar-refractivity contribution in [1.82, 2.24) is 0 Å². The van der Waals surface area contributed by atoms with Gasteiger partial charge in [-0.25, -0.2) is 0 Å². The fraction of sp³-hybridized carbons (Fsp3) is 0.200. The van der Waals surface area contributed by atoms with Crippen LogP contribution in [-0.4, -0.2) is 25.2 Å². The number of allylic oxidation sites excluding steroid dienone is 8. The Labute approximate surface area is 102 Å². The van der Waals surface area contributed by atoms with Crippen LogP contribution in [0.1, 0.15) is 12.8 Å². The van der Waals surface area contributed by atoms with Crippen LogP contribution in [0.25, 0.3) is 0 Å². The van der Waals surface area contributed by atoms with Crippen LogP contribution in [-0.2, 0) is 19.8 Å². The first-order valence-electron chi connectivity index (χ1n) is 3.88. The minimum absolute atomic E-state index is 0. The molecule has 0 aliphatic heterocycles. The Morgan fingerprint density at radius 3 is 1.50 bits per heavy atom. The van der Waals surface area contributed by atoms with Gasteiger partial charge in [0.05, 0.1) is 0 Å². The van der Waals surface area contributed by atoms with Crippen LogP contribution in [0.5, 0.6) is 0 Å². The van der Waals surface area contributed by atoms with Gasteiger partial charge >= 0.3 is 76.6 Å². The summed E-state index contributed by atoms with van der Waals surface area (Å²) >= 11 is -0.136. The van der Waals surface area contributed by atoms with E-state index in [-0.39, 0.29) is 45.0 Å². The topological polar surface area (TPSA) is 0 Å². The summed E-state index contributed by atoms with van der Waals surface area (Å²) in [7, 11) is 0. The van der Waals surface area contributed by atoms with Crippen LogP contribution in [0.2, 0.25) is 0 Å². The predicted octanol–water partition coefficient (Wildman–Crippen LogP) is -1.60. The van der Waals surface area contributed by atoms with E-state index in [1.807, 2.05) is 0 Å². The average molecular weight is 268 g/mol. The van der Waals surface area contributed by atoms with E-state index in [1.54, 1.807) is 7.58 Å². The minimum atomic E-state index is -0.136. The van der Waals surface area contributed by atoms with E-state index in [9.17, 15) is 0 Å². The molecule has 14 heavy (non-hydrogen) atoms. The first kappa shape index (κ1) is 16.3. The van der Waals surface area contributed by atoms with Crippen LogP contribution >= 0.6 is 0 Å². The van der Waals surface area contributed by atoms with Gasteiger partial charge in [-0.05, 0) is 0 Å². The van der Waals surface area contributed by atoms with E-state index >= 15 is 0 Å². The molecule has 4 heteroatoms. The molecule has 2 aliphatic carbocycles. The summed E-state index contributed by atoms with van der Waals surface area (Å²) in [5.41, 5.74) is 0. The van der Waals surface area contributed by atoms with Gasteiger partial charge in [0.15, 0.2) is 0 Å². The number of hydrogen-bond donors (Lipinski definition) is 0. The molecular formula is C10H22B3Nb. The Kier molecular flexibility index (Phi) is 9.59. The van der Waals surface area contributed by atoms with Crippen molar-refractivity contribution in [2.24, 2.45) is 0 Å². The van der Waals surface area contributed by atoms with Crippen molar-refractivity contribution in [3.8, 4) is 0 Å². The van der Waals surface area contributed by atoms with Gasteiger partial charge in [-0.3, -0.25) is 0 Å². The smallest absolute Gasteiger partial charge is 0.0626 e. The molecule has 0 atom stereocenters. The SMILES string of the molecule is C1=CC[C]([Nb+3][C]2=CC=CC2)=C1.[BH4-].[BH4-].[BH4-]. The average Bonchev–Trinajstić information content (AvgIpc) is 2.60. The second-order valence-electron chi connectivity index (χ2n) is 2.69. The van der Waals surface area contributed by atoms with Crippen LogP contribution in [0.15, 0.2) is 44.0 Å². The molecule has 0 heterocycles. The fourth-order valence-electron chi connectivity index (χ4n) is 1.22. The van der Waals surface area contributed by atoms with Crippen molar-refractivity contribution in [3.05, 3.63) is 44.0 Å². The van der Waals surface area contributed by atoms with E-state index in [4.69, 9.17) is 0 Å². The Morgan fingerprint density at radius 2 is 1.21 bits per heavy atom. The molecule has 0 aromatic heterocycles. The molecule has 0 amide bonds. The van der Waals surface area contributed by atoms with E-state index in [0.29, 0.717) is 0 Å². The zero-order valence-corrected chi connectivity index (χ0v) is 8.52. The molecule has 0 radical (unpaired) electrons. The van der Waals surface area contributed by atoms with Crippen LogP contribution in [0.4, 0.5) is 0 Å². The quantitative estimate of drug-likeness (QED) is 0.529. The molecule has 0 nitrogen and oxygen atoms in total. The van der Waals surface area contributed by atoms with Crippen LogP contribution in [0.3, 0.4) is 0 Å². The third-order valence-corrected chi connectivity index (χ3v) is 4.83. The second-order valence-corrected chi connectivity index (χ2v) is 6.07. The molecule has 0 aromatic rings. The number of hydrogen-bond acceptors (Lipinski definition) is 0. The van der Waals surface area contributed by atoms with Gasteiger partial charge in [-0.2, -0.15) is 0 Å². The van der Waals surface area contributed by atoms with Gasteiger partial charge in [0.1, 0.15) is 0 Å². The molecule has 0 saturated heterocycles. The van der Waals surface area contributed by atoms with Crippen LogP contribution in [0, 0.1) is 0 Å². The van der Waals surface area contributed by atoms with Crippen molar-refractivity contribution in [2.75, 3.05) is 0 Å². The molecule has 2 rings (SSSR count). The normalized spacial score (nSPS) is 15.7. The summed E-state index contributed by atoms with van der Waals surface area (Å²) in [6.45, 7) is 0. The summed E-state index contributed by atoms with van der Waals surface area (Å²) in [5.74, 6) is 0. The molecule has 0 unspecified atom stereocenters.